The molecule has 6 nitrogen and oxygen atoms in total. The van der Waals surface area contributed by atoms with Crippen LogP contribution in [0.3, 0.4) is 0 Å². The number of hydrogen-bond donors (Lipinski definition) is 3. The fourth-order valence-corrected chi connectivity index (χ4v) is 8.61. The summed E-state index contributed by atoms with van der Waals surface area (Å²) < 4.78 is 5.94. The van der Waals surface area contributed by atoms with Gasteiger partial charge in [-0.1, -0.05) is 261 Å². The van der Waals surface area contributed by atoms with Crippen LogP contribution in [0.15, 0.2) is 60.8 Å². The number of esters is 1. The molecule has 0 bridgehead atoms. The van der Waals surface area contributed by atoms with Crippen molar-refractivity contribution in [2.24, 2.45) is 0 Å². The Balaban J connectivity index is 4.60. The zero-order chi connectivity index (χ0) is 48.1. The zero-order valence-corrected chi connectivity index (χ0v) is 43.8. The molecule has 0 aromatic carbocycles. The quantitative estimate of drug-likeness (QED) is 0.0244. The van der Waals surface area contributed by atoms with E-state index >= 15 is 0 Å². The van der Waals surface area contributed by atoms with Crippen molar-refractivity contribution >= 4 is 11.9 Å². The van der Waals surface area contributed by atoms with Crippen molar-refractivity contribution < 1.29 is 24.5 Å². The summed E-state index contributed by atoms with van der Waals surface area (Å²) in [7, 11) is 0. The molecule has 384 valence electrons. The number of aliphatic hydroxyl groups excluding tert-OH is 2. The first-order valence-corrected chi connectivity index (χ1v) is 28.6. The van der Waals surface area contributed by atoms with E-state index in [4.69, 9.17) is 4.74 Å². The highest BCUT2D eigenvalue weighted by Gasteiger charge is 2.24. The monoisotopic (exact) mass is 924 g/mol. The Morgan fingerprint density at radius 2 is 0.833 bits per heavy atom. The lowest BCUT2D eigenvalue weighted by Gasteiger charge is -2.24. The zero-order valence-electron chi connectivity index (χ0n) is 43.8. The lowest BCUT2D eigenvalue weighted by Crippen LogP contribution is -2.46. The topological polar surface area (TPSA) is 95.9 Å². The highest BCUT2D eigenvalue weighted by Crippen LogP contribution is 2.18. The van der Waals surface area contributed by atoms with Crippen LogP contribution in [-0.2, 0) is 14.3 Å². The number of carbonyl (C=O) groups excluding carboxylic acids is 2. The second-order valence-corrected chi connectivity index (χ2v) is 19.4. The van der Waals surface area contributed by atoms with Gasteiger partial charge in [-0.25, -0.2) is 0 Å². The number of amides is 1. The summed E-state index contributed by atoms with van der Waals surface area (Å²) in [6.45, 7) is 6.36. The smallest absolute Gasteiger partial charge is 0.306 e. The number of unbranched alkanes of at least 4 members (excludes halogenated alkanes) is 32. The van der Waals surface area contributed by atoms with Gasteiger partial charge in [0.2, 0.25) is 5.91 Å². The number of carbonyl (C=O) groups is 2. The largest absolute Gasteiger partial charge is 0.462 e. The molecule has 0 radical (unpaired) electrons. The van der Waals surface area contributed by atoms with Gasteiger partial charge in [0.1, 0.15) is 6.10 Å². The van der Waals surface area contributed by atoms with Crippen LogP contribution in [0.2, 0.25) is 0 Å². The van der Waals surface area contributed by atoms with Crippen molar-refractivity contribution in [2.45, 2.75) is 302 Å². The summed E-state index contributed by atoms with van der Waals surface area (Å²) in [6, 6.07) is -0.713. The number of ether oxygens (including phenoxy) is 1. The number of allylic oxidation sites excluding steroid dienone is 10. The van der Waals surface area contributed by atoms with E-state index in [1.165, 1.54) is 141 Å². The number of aliphatic hydroxyl groups is 2. The lowest BCUT2D eigenvalue weighted by molar-refractivity contribution is -0.151. The maximum absolute atomic E-state index is 13.3. The Morgan fingerprint density at radius 3 is 1.30 bits per heavy atom. The standard InChI is InChI=1S/C60H109NO5/c1-4-7-10-13-16-19-22-25-28-31-33-36-39-42-45-48-51-56(66-60(65)53-50-47-44-41-38-35-30-27-24-21-18-15-12-9-6-3)54-59(64)61-57(55-62)58(63)52-49-46-43-40-37-34-32-29-26-23-20-17-14-11-8-5-2/h9,12,15,18,21,24,27,30,33,36,56-58,62-63H,4-8,10-11,13-14,16-17,19-20,22-23,25-26,28-29,31-32,34-35,37-55H2,1-3H3,(H,61,64)/b12-9+,18-15+,24-21+,30-27-,36-33+. The molecule has 0 aromatic rings. The molecule has 0 fully saturated rings. The van der Waals surface area contributed by atoms with E-state index < -0.39 is 18.2 Å². The first-order valence-electron chi connectivity index (χ1n) is 28.6. The molecule has 0 aliphatic rings. The second kappa shape index (κ2) is 53.5. The van der Waals surface area contributed by atoms with E-state index in [2.05, 4.69) is 68.6 Å². The fraction of sp³-hybridized carbons (Fsp3) is 0.800. The third kappa shape index (κ3) is 48.0. The van der Waals surface area contributed by atoms with Gasteiger partial charge in [-0.15, -0.1) is 0 Å². The molecular weight excluding hydrogens is 815 g/mol. The molecule has 1 amide bonds. The van der Waals surface area contributed by atoms with Crippen LogP contribution < -0.4 is 5.32 Å². The number of nitrogens with one attached hydrogen (secondary N) is 1. The molecule has 0 saturated carbocycles. The molecule has 0 saturated heterocycles. The summed E-state index contributed by atoms with van der Waals surface area (Å²) in [5.41, 5.74) is 0. The van der Waals surface area contributed by atoms with E-state index in [0.29, 0.717) is 19.3 Å². The van der Waals surface area contributed by atoms with E-state index in [0.717, 1.165) is 96.3 Å². The van der Waals surface area contributed by atoms with E-state index in [-0.39, 0.29) is 24.9 Å². The molecular formula is C60H109NO5. The summed E-state index contributed by atoms with van der Waals surface area (Å²) in [6.07, 6.45) is 67.1. The molecule has 6 heteroatoms. The first-order chi connectivity index (χ1) is 32.5. The van der Waals surface area contributed by atoms with Gasteiger partial charge in [0.05, 0.1) is 25.2 Å². The van der Waals surface area contributed by atoms with Crippen LogP contribution in [0.25, 0.3) is 0 Å². The van der Waals surface area contributed by atoms with Gasteiger partial charge in [0, 0.05) is 6.42 Å². The van der Waals surface area contributed by atoms with E-state index in [1.807, 2.05) is 18.2 Å². The van der Waals surface area contributed by atoms with Crippen molar-refractivity contribution in [3.05, 3.63) is 60.8 Å². The predicted molar refractivity (Wildman–Crippen MR) is 287 cm³/mol. The average molecular weight is 925 g/mol. The Labute approximate surface area is 409 Å². The van der Waals surface area contributed by atoms with Gasteiger partial charge in [-0.05, 0) is 70.6 Å². The minimum Gasteiger partial charge on any atom is -0.462 e. The van der Waals surface area contributed by atoms with E-state index in [9.17, 15) is 19.8 Å². The minimum absolute atomic E-state index is 0.0571. The van der Waals surface area contributed by atoms with Gasteiger partial charge >= 0.3 is 5.97 Å². The number of hydrogen-bond acceptors (Lipinski definition) is 5. The Kier molecular flexibility index (Phi) is 51.5. The maximum Gasteiger partial charge on any atom is 0.306 e. The third-order valence-corrected chi connectivity index (χ3v) is 12.9. The molecule has 3 N–H and O–H groups in total. The highest BCUT2D eigenvalue weighted by atomic mass is 16.5. The molecule has 0 spiro atoms. The molecule has 66 heavy (non-hydrogen) atoms. The van der Waals surface area contributed by atoms with Crippen LogP contribution in [0.4, 0.5) is 0 Å². The van der Waals surface area contributed by atoms with Crippen molar-refractivity contribution in [3.63, 3.8) is 0 Å². The molecule has 0 rings (SSSR count). The molecule has 3 atom stereocenters. The summed E-state index contributed by atoms with van der Waals surface area (Å²) in [4.78, 5) is 26.3. The first kappa shape index (κ1) is 63.6. The highest BCUT2D eigenvalue weighted by molar-refractivity contribution is 5.77. The fourth-order valence-electron chi connectivity index (χ4n) is 8.61. The van der Waals surface area contributed by atoms with Crippen molar-refractivity contribution in [1.29, 1.82) is 0 Å². The Morgan fingerprint density at radius 1 is 0.455 bits per heavy atom. The van der Waals surface area contributed by atoms with Crippen molar-refractivity contribution in [2.75, 3.05) is 6.61 Å². The van der Waals surface area contributed by atoms with Crippen LogP contribution in [-0.4, -0.2) is 46.9 Å². The summed E-state index contributed by atoms with van der Waals surface area (Å²) >= 11 is 0. The van der Waals surface area contributed by atoms with Gasteiger partial charge in [-0.2, -0.15) is 0 Å². The average Bonchev–Trinajstić information content (AvgIpc) is 3.31. The SMILES string of the molecule is CC/C=C/C=C/C=C/C=C\CCCCCCCC(=O)OC(CCCCC/C=C/CCCCCCCCCCC)CC(=O)NC(CO)C(O)CCCCCCCCCCCCCCCCCC. The van der Waals surface area contributed by atoms with Crippen molar-refractivity contribution in [3.8, 4) is 0 Å². The van der Waals surface area contributed by atoms with Crippen LogP contribution in [0.1, 0.15) is 284 Å². The molecule has 0 aromatic heterocycles. The van der Waals surface area contributed by atoms with Gasteiger partial charge in [0.15, 0.2) is 0 Å². The Bertz CT molecular complexity index is 1170. The van der Waals surface area contributed by atoms with E-state index in [1.54, 1.807) is 0 Å². The normalized spacial score (nSPS) is 13.6. The van der Waals surface area contributed by atoms with Crippen LogP contribution in [0.5, 0.6) is 0 Å². The predicted octanol–water partition coefficient (Wildman–Crippen LogP) is 17.6. The van der Waals surface area contributed by atoms with Crippen LogP contribution in [0, 0.1) is 0 Å². The lowest BCUT2D eigenvalue weighted by atomic mass is 10.0. The molecule has 0 aliphatic carbocycles. The third-order valence-electron chi connectivity index (χ3n) is 12.9. The van der Waals surface area contributed by atoms with Crippen molar-refractivity contribution in [1.82, 2.24) is 5.32 Å². The molecule has 0 heterocycles. The van der Waals surface area contributed by atoms with Gasteiger partial charge < -0.3 is 20.3 Å². The second-order valence-electron chi connectivity index (χ2n) is 19.4. The maximum atomic E-state index is 13.3. The Hall–Kier alpha value is -2.44. The minimum atomic E-state index is -0.798. The van der Waals surface area contributed by atoms with Gasteiger partial charge in [0.25, 0.3) is 0 Å². The summed E-state index contributed by atoms with van der Waals surface area (Å²) in [5.74, 6) is -0.508. The van der Waals surface area contributed by atoms with Crippen LogP contribution >= 0.6 is 0 Å². The number of rotatable bonds is 51. The van der Waals surface area contributed by atoms with Gasteiger partial charge in [-0.3, -0.25) is 9.59 Å². The molecule has 0 aliphatic heterocycles. The molecule has 3 unspecified atom stereocenters. The summed E-state index contributed by atoms with van der Waals surface area (Å²) in [5, 5.41) is 23.9.